The van der Waals surface area contributed by atoms with Crippen molar-refractivity contribution in [1.29, 1.82) is 0 Å². The van der Waals surface area contributed by atoms with Crippen LogP contribution < -0.4 is 0 Å². The minimum atomic E-state index is -4.28. The summed E-state index contributed by atoms with van der Waals surface area (Å²) < 4.78 is 37.4. The van der Waals surface area contributed by atoms with Crippen LogP contribution in [0.4, 0.5) is 13.2 Å². The maximum Gasteiger partial charge on any atom is 0.416 e. The van der Waals surface area contributed by atoms with Crippen molar-refractivity contribution in [2.24, 2.45) is 0 Å². The average Bonchev–Trinajstić information content (AvgIpc) is 2.14. The van der Waals surface area contributed by atoms with E-state index >= 15 is 0 Å². The van der Waals surface area contributed by atoms with Crippen LogP contribution in [0.3, 0.4) is 0 Å². The second-order valence-electron chi connectivity index (χ2n) is 3.10. The van der Waals surface area contributed by atoms with Crippen LogP contribution >= 0.6 is 27.5 Å². The maximum atomic E-state index is 12.3. The van der Waals surface area contributed by atoms with Gasteiger partial charge in [0.15, 0.2) is 0 Å². The van der Waals surface area contributed by atoms with Crippen molar-refractivity contribution < 1.29 is 13.2 Å². The van der Waals surface area contributed by atoms with Gasteiger partial charge in [0, 0.05) is 10.4 Å². The molecule has 1 aromatic carbocycles. The topological polar surface area (TPSA) is 0 Å². The number of alkyl halides is 4. The molecule has 0 radical (unpaired) electrons. The molecule has 0 saturated carbocycles. The highest BCUT2D eigenvalue weighted by atomic mass is 79.9. The highest BCUT2D eigenvalue weighted by Crippen LogP contribution is 2.32. The van der Waals surface area contributed by atoms with Crippen molar-refractivity contribution in [1.82, 2.24) is 0 Å². The molecule has 0 nitrogen and oxygen atoms in total. The van der Waals surface area contributed by atoms with E-state index in [2.05, 4.69) is 15.9 Å². The van der Waals surface area contributed by atoms with Crippen LogP contribution in [-0.2, 0) is 12.6 Å². The molecule has 1 aromatic rings. The average molecular weight is 302 g/mol. The van der Waals surface area contributed by atoms with Crippen LogP contribution in [0.25, 0.3) is 0 Å². The Morgan fingerprint density at radius 2 is 1.93 bits per heavy atom. The molecule has 0 unspecified atom stereocenters. The fourth-order valence-electron chi connectivity index (χ4n) is 1.18. The Hall–Kier alpha value is -0.220. The highest BCUT2D eigenvalue weighted by Gasteiger charge is 2.30. The van der Waals surface area contributed by atoms with Crippen molar-refractivity contribution >= 4 is 27.5 Å². The summed E-state index contributed by atoms with van der Waals surface area (Å²) in [6.45, 7) is 0. The molecule has 0 amide bonds. The van der Waals surface area contributed by atoms with Crippen LogP contribution in [-0.4, -0.2) is 5.88 Å². The molecule has 0 N–H and O–H groups in total. The van der Waals surface area contributed by atoms with Gasteiger partial charge in [-0.3, -0.25) is 0 Å². The third-order valence-electron chi connectivity index (χ3n) is 1.96. The highest BCUT2D eigenvalue weighted by molar-refractivity contribution is 9.10. The summed E-state index contributed by atoms with van der Waals surface area (Å²) in [4.78, 5) is 0. The van der Waals surface area contributed by atoms with Gasteiger partial charge >= 0.3 is 6.18 Å². The zero-order valence-corrected chi connectivity index (χ0v) is 10.1. The summed E-state index contributed by atoms with van der Waals surface area (Å²) in [7, 11) is 0. The van der Waals surface area contributed by atoms with Gasteiger partial charge < -0.3 is 0 Å². The Kier molecular flexibility index (Phi) is 4.46. The number of benzene rings is 1. The monoisotopic (exact) mass is 300 g/mol. The number of halogens is 5. The predicted molar refractivity (Wildman–Crippen MR) is 58.2 cm³/mol. The van der Waals surface area contributed by atoms with Gasteiger partial charge in [0.05, 0.1) is 5.56 Å². The Bertz CT molecular complexity index is 336. The van der Waals surface area contributed by atoms with E-state index in [0.29, 0.717) is 16.8 Å². The minimum Gasteiger partial charge on any atom is -0.166 e. The second kappa shape index (κ2) is 5.21. The van der Waals surface area contributed by atoms with E-state index < -0.39 is 11.7 Å². The van der Waals surface area contributed by atoms with Gasteiger partial charge in [0.2, 0.25) is 0 Å². The van der Waals surface area contributed by atoms with Crippen LogP contribution in [0.1, 0.15) is 17.5 Å². The summed E-state index contributed by atoms with van der Waals surface area (Å²) in [5.41, 5.74) is 0.215. The summed E-state index contributed by atoms with van der Waals surface area (Å²) in [6.07, 6.45) is -2.85. The van der Waals surface area contributed by atoms with Crippen molar-refractivity contribution in [3.63, 3.8) is 0 Å². The molecule has 0 aliphatic rings. The van der Waals surface area contributed by atoms with E-state index in [-0.39, 0.29) is 0 Å². The summed E-state index contributed by atoms with van der Waals surface area (Å²) in [5, 5.41) is 0. The molecule has 5 heteroatoms. The molecule has 15 heavy (non-hydrogen) atoms. The van der Waals surface area contributed by atoms with Gasteiger partial charge in [-0.1, -0.05) is 22.0 Å². The van der Waals surface area contributed by atoms with Crippen LogP contribution in [0.5, 0.6) is 0 Å². The van der Waals surface area contributed by atoms with E-state index in [1.807, 2.05) is 0 Å². The van der Waals surface area contributed by atoms with Crippen LogP contribution in [0.2, 0.25) is 0 Å². The molecule has 0 saturated heterocycles. The lowest BCUT2D eigenvalue weighted by atomic mass is 10.1. The van der Waals surface area contributed by atoms with Crippen LogP contribution in [0, 0.1) is 0 Å². The fraction of sp³-hybridized carbons (Fsp3) is 0.400. The van der Waals surface area contributed by atoms with Gasteiger partial charge in [0.1, 0.15) is 0 Å². The molecule has 0 heterocycles. The van der Waals surface area contributed by atoms with Crippen LogP contribution in [0.15, 0.2) is 22.7 Å². The van der Waals surface area contributed by atoms with Crippen molar-refractivity contribution in [2.45, 2.75) is 19.0 Å². The number of rotatable bonds is 3. The lowest BCUT2D eigenvalue weighted by molar-refractivity contribution is -0.137. The number of hydrogen-bond donors (Lipinski definition) is 0. The Morgan fingerprint density at radius 3 is 2.40 bits per heavy atom. The first-order chi connectivity index (χ1) is 6.95. The fourth-order valence-corrected chi connectivity index (χ4v) is 1.89. The predicted octanol–water partition coefficient (Wildman–Crippen LogP) is 4.64. The first-order valence-electron chi connectivity index (χ1n) is 4.36. The summed E-state index contributed by atoms with van der Waals surface area (Å²) in [5.74, 6) is 0.507. The molecule has 1 rings (SSSR count). The van der Waals surface area contributed by atoms with E-state index in [9.17, 15) is 13.2 Å². The molecule has 0 spiro atoms. The maximum absolute atomic E-state index is 12.3. The Balaban J connectivity index is 2.88. The van der Waals surface area contributed by atoms with E-state index in [1.165, 1.54) is 6.07 Å². The number of hydrogen-bond acceptors (Lipinski definition) is 0. The van der Waals surface area contributed by atoms with Gasteiger partial charge in [-0.15, -0.1) is 11.6 Å². The van der Waals surface area contributed by atoms with Gasteiger partial charge in [-0.25, -0.2) is 0 Å². The second-order valence-corrected chi connectivity index (χ2v) is 4.33. The minimum absolute atomic E-state index is 0.488. The molecular weight excluding hydrogens is 292 g/mol. The number of aryl methyl sites for hydroxylation is 1. The van der Waals surface area contributed by atoms with Gasteiger partial charge in [-0.05, 0) is 30.5 Å². The zero-order chi connectivity index (χ0) is 11.5. The first-order valence-corrected chi connectivity index (χ1v) is 5.69. The Labute approximate surface area is 99.6 Å². The normalized spacial score (nSPS) is 11.8. The molecule has 0 aliphatic heterocycles. The van der Waals surface area contributed by atoms with Crippen molar-refractivity contribution in [3.05, 3.63) is 33.8 Å². The standard InChI is InChI=1S/C10H9BrClF3/c11-9-6-8(10(13,14)15)4-3-7(9)2-1-5-12/h3-4,6H,1-2,5H2. The Morgan fingerprint density at radius 1 is 1.27 bits per heavy atom. The third kappa shape index (κ3) is 3.68. The third-order valence-corrected chi connectivity index (χ3v) is 2.97. The van der Waals surface area contributed by atoms with E-state index in [1.54, 1.807) is 0 Å². The molecule has 0 bridgehead atoms. The molecule has 0 aromatic heterocycles. The lowest BCUT2D eigenvalue weighted by Gasteiger charge is -2.09. The molecule has 84 valence electrons. The van der Waals surface area contributed by atoms with Crippen molar-refractivity contribution in [3.8, 4) is 0 Å². The molecule has 0 fully saturated rings. The molecular formula is C10H9BrClF3. The zero-order valence-electron chi connectivity index (χ0n) is 7.74. The quantitative estimate of drug-likeness (QED) is 0.714. The molecule has 0 atom stereocenters. The summed E-state index contributed by atoms with van der Waals surface area (Å²) in [6, 6.07) is 3.68. The largest absolute Gasteiger partial charge is 0.416 e. The SMILES string of the molecule is FC(F)(F)c1ccc(CCCCl)c(Br)c1. The smallest absolute Gasteiger partial charge is 0.166 e. The lowest BCUT2D eigenvalue weighted by Crippen LogP contribution is -2.05. The van der Waals surface area contributed by atoms with E-state index in [0.717, 1.165) is 24.1 Å². The van der Waals surface area contributed by atoms with Gasteiger partial charge in [0.25, 0.3) is 0 Å². The molecule has 0 aliphatic carbocycles. The summed E-state index contributed by atoms with van der Waals surface area (Å²) >= 11 is 8.64. The van der Waals surface area contributed by atoms with Gasteiger partial charge in [-0.2, -0.15) is 13.2 Å². The first kappa shape index (κ1) is 12.8. The van der Waals surface area contributed by atoms with Crippen molar-refractivity contribution in [2.75, 3.05) is 5.88 Å². The van der Waals surface area contributed by atoms with E-state index in [4.69, 9.17) is 11.6 Å².